The maximum Gasteiger partial charge on any atom is 0.113 e. The summed E-state index contributed by atoms with van der Waals surface area (Å²) in [6.07, 6.45) is 22.6. The van der Waals surface area contributed by atoms with Crippen molar-refractivity contribution in [3.63, 3.8) is 0 Å². The summed E-state index contributed by atoms with van der Waals surface area (Å²) in [5.74, 6) is 4.56. The van der Waals surface area contributed by atoms with Crippen molar-refractivity contribution in [2.24, 2.45) is 0 Å². The summed E-state index contributed by atoms with van der Waals surface area (Å²) < 4.78 is 0. The Morgan fingerprint density at radius 3 is 1.45 bits per heavy atom. The zero-order valence-electron chi connectivity index (χ0n) is 31.4. The van der Waals surface area contributed by atoms with Gasteiger partial charge in [-0.1, -0.05) is 105 Å². The van der Waals surface area contributed by atoms with Crippen LogP contribution in [0.4, 0.5) is 11.4 Å². The minimum atomic E-state index is -1.50. The number of hydrogen-bond acceptors (Lipinski definition) is 2. The summed E-state index contributed by atoms with van der Waals surface area (Å²) in [4.78, 5) is 5.65. The van der Waals surface area contributed by atoms with Gasteiger partial charge in [-0.3, -0.25) is 0 Å². The van der Waals surface area contributed by atoms with Gasteiger partial charge in [-0.15, -0.1) is 0 Å². The highest BCUT2D eigenvalue weighted by molar-refractivity contribution is 7.77. The number of anilines is 2. The molecule has 6 rings (SSSR count). The number of aryl methyl sites for hydroxylation is 6. The van der Waals surface area contributed by atoms with Gasteiger partial charge in [-0.2, -0.15) is 0 Å². The fourth-order valence-electron chi connectivity index (χ4n) is 10.8. The minimum Gasteiger partial charge on any atom is -0.325 e. The van der Waals surface area contributed by atoms with Crippen LogP contribution in [0.3, 0.4) is 0 Å². The molecule has 1 unspecified atom stereocenters. The van der Waals surface area contributed by atoms with Crippen LogP contribution in [0.15, 0.2) is 47.3 Å². The molecule has 0 N–H and O–H groups in total. The molecule has 2 aromatic carbocycles. The first-order valence-corrected chi connectivity index (χ1v) is 21.5. The molecule has 1 saturated heterocycles. The standard InChI is InChI=1S/C44H65N2P/c1-31(2)23-26-47(38-17-11-9-12-18-38,39-19-13-10-14-20-39)41-22-16-15-21-40(41)44-45(42-34(5)27-32(3)28-35(42)6)24-25-46(44)43-36(7)29-33(4)30-37(43)8/h23,26-30,38-39,41H,9-22,24-25H2,1-8H3. The van der Waals surface area contributed by atoms with Gasteiger partial charge in [0.05, 0.1) is 0 Å². The summed E-state index contributed by atoms with van der Waals surface area (Å²) >= 11 is 0. The minimum absolute atomic E-state index is 0.716. The highest BCUT2D eigenvalue weighted by atomic mass is 31.2. The van der Waals surface area contributed by atoms with E-state index >= 15 is 0 Å². The SMILES string of the molecule is CC(C)=CC=P(C1CCCCC1)(C1CCCCC1)C1CCCCC1=C1N(c2c(C)cc(C)cc2C)CCN1c1c(C)cc(C)cc1C. The number of rotatable bonds is 6. The van der Waals surface area contributed by atoms with Crippen LogP contribution in [0.25, 0.3) is 0 Å². The fourth-order valence-corrected chi connectivity index (χ4v) is 17.6. The molecule has 4 fully saturated rings. The fraction of sp³-hybridized carbons (Fsp3) is 0.614. The Morgan fingerprint density at radius 2 is 1.02 bits per heavy atom. The van der Waals surface area contributed by atoms with E-state index in [1.807, 2.05) is 5.57 Å². The van der Waals surface area contributed by atoms with Crippen LogP contribution in [-0.2, 0) is 0 Å². The second-order valence-electron chi connectivity index (χ2n) is 16.3. The molecule has 3 saturated carbocycles. The molecule has 47 heavy (non-hydrogen) atoms. The first kappa shape index (κ1) is 34.7. The van der Waals surface area contributed by atoms with Crippen LogP contribution in [0.2, 0.25) is 0 Å². The second-order valence-corrected chi connectivity index (χ2v) is 20.5. The molecule has 256 valence electrons. The topological polar surface area (TPSA) is 6.48 Å². The van der Waals surface area contributed by atoms with Gasteiger partial charge < -0.3 is 9.80 Å². The van der Waals surface area contributed by atoms with Gasteiger partial charge >= 0.3 is 0 Å². The quantitative estimate of drug-likeness (QED) is 0.287. The van der Waals surface area contributed by atoms with Crippen molar-refractivity contribution in [3.8, 4) is 0 Å². The van der Waals surface area contributed by atoms with Crippen molar-refractivity contribution >= 4 is 24.1 Å². The zero-order valence-corrected chi connectivity index (χ0v) is 32.2. The van der Waals surface area contributed by atoms with Crippen LogP contribution in [0.5, 0.6) is 0 Å². The Kier molecular flexibility index (Phi) is 10.9. The van der Waals surface area contributed by atoms with Gasteiger partial charge in [-0.25, -0.2) is 0 Å². The van der Waals surface area contributed by atoms with Crippen LogP contribution in [0.1, 0.15) is 137 Å². The Morgan fingerprint density at radius 1 is 0.596 bits per heavy atom. The maximum absolute atomic E-state index is 2.97. The number of nitrogens with zero attached hydrogens (tertiary/aromatic N) is 2. The van der Waals surface area contributed by atoms with Crippen molar-refractivity contribution < 1.29 is 0 Å². The molecular formula is C44H65N2P. The molecule has 0 amide bonds. The Balaban J connectivity index is 1.65. The molecule has 1 heterocycles. The van der Waals surface area contributed by atoms with Crippen molar-refractivity contribution in [3.05, 3.63) is 80.7 Å². The van der Waals surface area contributed by atoms with Gasteiger partial charge in [-0.05, 0) is 139 Å². The molecule has 4 aliphatic rings. The predicted octanol–water partition coefficient (Wildman–Crippen LogP) is 12.5. The molecule has 2 aromatic rings. The van der Waals surface area contributed by atoms with Gasteiger partial charge in [0.2, 0.25) is 0 Å². The predicted molar refractivity (Wildman–Crippen MR) is 211 cm³/mol. The third-order valence-electron chi connectivity index (χ3n) is 12.4. The third kappa shape index (κ3) is 6.84. The number of hydrogen-bond donors (Lipinski definition) is 0. The summed E-state index contributed by atoms with van der Waals surface area (Å²) in [5.41, 5.74) is 17.3. The van der Waals surface area contributed by atoms with E-state index in [0.29, 0.717) is 5.66 Å². The first-order valence-electron chi connectivity index (χ1n) is 19.4. The molecule has 3 heteroatoms. The van der Waals surface area contributed by atoms with Crippen molar-refractivity contribution in [1.82, 2.24) is 0 Å². The van der Waals surface area contributed by atoms with Crippen LogP contribution in [0, 0.1) is 41.5 Å². The Hall–Kier alpha value is -2.18. The van der Waals surface area contributed by atoms with Crippen LogP contribution >= 0.6 is 6.89 Å². The summed E-state index contributed by atoms with van der Waals surface area (Å²) in [6.45, 7) is 19.3. The van der Waals surface area contributed by atoms with E-state index < -0.39 is 6.89 Å². The Labute approximate surface area is 289 Å². The molecule has 2 nitrogen and oxygen atoms in total. The van der Waals surface area contributed by atoms with Gasteiger partial charge in [0.1, 0.15) is 5.82 Å². The molecule has 0 radical (unpaired) electrons. The lowest BCUT2D eigenvalue weighted by Gasteiger charge is -2.51. The molecule has 0 bridgehead atoms. The zero-order chi connectivity index (χ0) is 33.3. The third-order valence-corrected chi connectivity index (χ3v) is 18.2. The van der Waals surface area contributed by atoms with E-state index in [-0.39, 0.29) is 0 Å². The van der Waals surface area contributed by atoms with E-state index in [1.54, 1.807) is 5.82 Å². The average Bonchev–Trinajstić information content (AvgIpc) is 3.45. The summed E-state index contributed by atoms with van der Waals surface area (Å²) in [6, 6.07) is 9.71. The maximum atomic E-state index is 2.97. The van der Waals surface area contributed by atoms with Gasteiger partial charge in [0.15, 0.2) is 0 Å². The molecule has 1 aliphatic heterocycles. The molecule has 0 spiro atoms. The van der Waals surface area contributed by atoms with Crippen LogP contribution in [-0.4, -0.2) is 35.9 Å². The van der Waals surface area contributed by atoms with Gasteiger partial charge in [0, 0.05) is 30.1 Å². The Bertz CT molecular complexity index is 1420. The van der Waals surface area contributed by atoms with Gasteiger partial charge in [0.25, 0.3) is 0 Å². The molecule has 3 aliphatic carbocycles. The molecular weight excluding hydrogens is 587 g/mol. The molecule has 1 atom stereocenters. The largest absolute Gasteiger partial charge is 0.325 e. The molecule has 0 aromatic heterocycles. The monoisotopic (exact) mass is 652 g/mol. The van der Waals surface area contributed by atoms with Crippen molar-refractivity contribution in [2.45, 2.75) is 162 Å². The van der Waals surface area contributed by atoms with E-state index in [2.05, 4.69) is 101 Å². The van der Waals surface area contributed by atoms with Crippen molar-refractivity contribution in [2.75, 3.05) is 22.9 Å². The summed E-state index contributed by atoms with van der Waals surface area (Å²) in [5, 5.41) is 0. The highest BCUT2D eigenvalue weighted by Crippen LogP contribution is 2.70. The average molecular weight is 653 g/mol. The van der Waals surface area contributed by atoms with E-state index in [0.717, 1.165) is 24.4 Å². The lowest BCUT2D eigenvalue weighted by molar-refractivity contribution is 0.474. The number of benzene rings is 2. The summed E-state index contributed by atoms with van der Waals surface area (Å²) in [7, 11) is 0. The van der Waals surface area contributed by atoms with E-state index in [1.165, 1.54) is 140 Å². The van der Waals surface area contributed by atoms with E-state index in [9.17, 15) is 0 Å². The lowest BCUT2D eigenvalue weighted by atomic mass is 9.92. The van der Waals surface area contributed by atoms with Crippen LogP contribution < -0.4 is 9.80 Å². The lowest BCUT2D eigenvalue weighted by Crippen LogP contribution is -2.37. The van der Waals surface area contributed by atoms with Crippen molar-refractivity contribution in [1.29, 1.82) is 0 Å². The normalized spacial score (nSPS) is 21.8. The smallest absolute Gasteiger partial charge is 0.113 e. The first-order chi connectivity index (χ1) is 22.6. The van der Waals surface area contributed by atoms with E-state index in [4.69, 9.17) is 0 Å². The second kappa shape index (κ2) is 14.7. The highest BCUT2D eigenvalue weighted by Gasteiger charge is 2.46. The number of allylic oxidation sites excluding steroid dienone is 3.